The molecule has 0 saturated carbocycles. The lowest BCUT2D eigenvalue weighted by Gasteiger charge is -2.29. The molecule has 0 radical (unpaired) electrons. The molecule has 2 N–H and O–H groups in total. The minimum atomic E-state index is 0. The minimum Gasteiger partial charge on any atom is -0.354 e. The molecule has 3 rings (SSSR count). The van der Waals surface area contributed by atoms with Crippen LogP contribution in [-0.2, 0) is 6.54 Å². The van der Waals surface area contributed by atoms with Crippen LogP contribution >= 0.6 is 24.0 Å². The fourth-order valence-electron chi connectivity index (χ4n) is 3.48. The van der Waals surface area contributed by atoms with E-state index in [0.29, 0.717) is 18.2 Å². The van der Waals surface area contributed by atoms with Crippen molar-refractivity contribution in [3.63, 3.8) is 0 Å². The summed E-state index contributed by atoms with van der Waals surface area (Å²) in [5.74, 6) is 0.791. The van der Waals surface area contributed by atoms with E-state index in [1.807, 2.05) is 24.3 Å². The number of guanidine groups is 1. The predicted molar refractivity (Wildman–Crippen MR) is 125 cm³/mol. The maximum atomic E-state index is 8.89. The van der Waals surface area contributed by atoms with Gasteiger partial charge in [-0.2, -0.15) is 5.26 Å². The van der Waals surface area contributed by atoms with Gasteiger partial charge in [0.05, 0.1) is 17.7 Å². The number of aliphatic imine (C=N–C) groups is 1. The maximum Gasteiger partial charge on any atom is 0.191 e. The zero-order valence-corrected chi connectivity index (χ0v) is 18.6. The Labute approximate surface area is 184 Å². The van der Waals surface area contributed by atoms with E-state index >= 15 is 0 Å². The van der Waals surface area contributed by atoms with Crippen molar-refractivity contribution in [1.29, 1.82) is 5.26 Å². The molecule has 1 atom stereocenters. The highest BCUT2D eigenvalue weighted by Crippen LogP contribution is 2.24. The summed E-state index contributed by atoms with van der Waals surface area (Å²) in [7, 11) is 1.79. The van der Waals surface area contributed by atoms with E-state index in [4.69, 9.17) is 5.26 Å². The fraction of sp³-hybridized carbons (Fsp3) is 0.364. The highest BCUT2D eigenvalue weighted by Gasteiger charge is 2.23. The van der Waals surface area contributed by atoms with E-state index < -0.39 is 0 Å². The molecule has 2 aromatic rings. The lowest BCUT2D eigenvalue weighted by Crippen LogP contribution is -2.42. The first-order valence-electron chi connectivity index (χ1n) is 9.52. The van der Waals surface area contributed by atoms with Crippen LogP contribution in [0.5, 0.6) is 0 Å². The van der Waals surface area contributed by atoms with Crippen molar-refractivity contribution in [3.05, 3.63) is 71.3 Å². The standard InChI is InChI=1S/C22H27N5.HI/c1-24-22(25-16-19-11-9-18(15-23)10-12-19)26-17-21(27-13-5-6-14-27)20-7-3-2-4-8-20;/h2-4,7-12,21H,5-6,13-14,16-17H2,1H3,(H2,24,25,26);1H. The number of hydrogen-bond donors (Lipinski definition) is 2. The van der Waals surface area contributed by atoms with E-state index in [0.717, 1.165) is 31.2 Å². The second kappa shape index (κ2) is 11.7. The molecule has 2 aromatic carbocycles. The van der Waals surface area contributed by atoms with Crippen LogP contribution < -0.4 is 10.6 Å². The normalized spacial score (nSPS) is 15.4. The molecule has 6 heteroatoms. The number of nitriles is 1. The molecule has 0 amide bonds. The Balaban J connectivity index is 0.00000280. The number of halogens is 1. The number of likely N-dealkylation sites (tertiary alicyclic amines) is 1. The van der Waals surface area contributed by atoms with Crippen molar-refractivity contribution in [1.82, 2.24) is 15.5 Å². The van der Waals surface area contributed by atoms with Gasteiger partial charge in [0, 0.05) is 20.1 Å². The van der Waals surface area contributed by atoms with E-state index in [1.54, 1.807) is 7.05 Å². The van der Waals surface area contributed by atoms with E-state index in [9.17, 15) is 0 Å². The quantitative estimate of drug-likeness (QED) is 0.369. The fourth-order valence-corrected chi connectivity index (χ4v) is 3.48. The molecule has 148 valence electrons. The summed E-state index contributed by atoms with van der Waals surface area (Å²) in [6, 6.07) is 20.8. The SMILES string of the molecule is CN=C(NCc1ccc(C#N)cc1)NCC(c1ccccc1)N1CCCC1.I. The monoisotopic (exact) mass is 489 g/mol. The third kappa shape index (κ3) is 6.21. The van der Waals surface area contributed by atoms with Crippen LogP contribution in [-0.4, -0.2) is 37.5 Å². The van der Waals surface area contributed by atoms with Gasteiger partial charge in [-0.1, -0.05) is 42.5 Å². The average Bonchev–Trinajstić information content (AvgIpc) is 3.26. The number of rotatable bonds is 6. The molecule has 1 aliphatic rings. The zero-order valence-electron chi connectivity index (χ0n) is 16.3. The average molecular weight is 489 g/mol. The van der Waals surface area contributed by atoms with Crippen molar-refractivity contribution in [2.75, 3.05) is 26.7 Å². The van der Waals surface area contributed by atoms with E-state index in [2.05, 4.69) is 56.9 Å². The Bertz CT molecular complexity index is 777. The maximum absolute atomic E-state index is 8.89. The molecule has 5 nitrogen and oxygen atoms in total. The second-order valence-electron chi connectivity index (χ2n) is 6.78. The Morgan fingerprint density at radius 3 is 2.36 bits per heavy atom. The van der Waals surface area contributed by atoms with Gasteiger partial charge < -0.3 is 10.6 Å². The molecule has 1 fully saturated rings. The number of nitrogens with one attached hydrogen (secondary N) is 2. The zero-order chi connectivity index (χ0) is 18.9. The van der Waals surface area contributed by atoms with Crippen molar-refractivity contribution in [2.24, 2.45) is 4.99 Å². The lowest BCUT2D eigenvalue weighted by molar-refractivity contribution is 0.245. The Morgan fingerprint density at radius 1 is 1.07 bits per heavy atom. The molecule has 0 aromatic heterocycles. The summed E-state index contributed by atoms with van der Waals surface area (Å²) in [6.45, 7) is 3.79. The molecule has 1 saturated heterocycles. The van der Waals surface area contributed by atoms with Gasteiger partial charge in [-0.25, -0.2) is 0 Å². The van der Waals surface area contributed by atoms with Crippen molar-refractivity contribution in [3.8, 4) is 6.07 Å². The number of hydrogen-bond acceptors (Lipinski definition) is 3. The summed E-state index contributed by atoms with van der Waals surface area (Å²) >= 11 is 0. The third-order valence-corrected chi connectivity index (χ3v) is 5.00. The predicted octanol–water partition coefficient (Wildman–Crippen LogP) is 3.68. The van der Waals surface area contributed by atoms with Gasteiger partial charge >= 0.3 is 0 Å². The summed E-state index contributed by atoms with van der Waals surface area (Å²) in [5, 5.41) is 15.7. The minimum absolute atomic E-state index is 0. The van der Waals surface area contributed by atoms with Crippen LogP contribution in [0.3, 0.4) is 0 Å². The third-order valence-electron chi connectivity index (χ3n) is 5.00. The first-order chi connectivity index (χ1) is 13.3. The van der Waals surface area contributed by atoms with Crippen LogP contribution in [0.1, 0.15) is 35.6 Å². The summed E-state index contributed by atoms with van der Waals surface area (Å²) in [6.07, 6.45) is 2.55. The first-order valence-corrected chi connectivity index (χ1v) is 9.52. The van der Waals surface area contributed by atoms with Crippen LogP contribution in [0.2, 0.25) is 0 Å². The summed E-state index contributed by atoms with van der Waals surface area (Å²) < 4.78 is 0. The molecule has 0 aliphatic carbocycles. The number of nitrogens with zero attached hydrogens (tertiary/aromatic N) is 3. The molecule has 1 aliphatic heterocycles. The van der Waals surface area contributed by atoms with Gasteiger partial charge in [0.2, 0.25) is 0 Å². The highest BCUT2D eigenvalue weighted by molar-refractivity contribution is 14.0. The first kappa shape index (κ1) is 22.2. The molecule has 28 heavy (non-hydrogen) atoms. The van der Waals surface area contributed by atoms with Crippen LogP contribution in [0.25, 0.3) is 0 Å². The van der Waals surface area contributed by atoms with Gasteiger partial charge in [0.15, 0.2) is 5.96 Å². The van der Waals surface area contributed by atoms with Gasteiger partial charge in [-0.3, -0.25) is 9.89 Å². The summed E-state index contributed by atoms with van der Waals surface area (Å²) in [4.78, 5) is 6.90. The van der Waals surface area contributed by atoms with Crippen molar-refractivity contribution in [2.45, 2.75) is 25.4 Å². The smallest absolute Gasteiger partial charge is 0.191 e. The lowest BCUT2D eigenvalue weighted by atomic mass is 10.1. The van der Waals surface area contributed by atoms with Crippen molar-refractivity contribution >= 4 is 29.9 Å². The molecule has 1 unspecified atom stereocenters. The van der Waals surface area contributed by atoms with Gasteiger partial charge in [0.25, 0.3) is 0 Å². The van der Waals surface area contributed by atoms with Crippen LogP contribution in [0.15, 0.2) is 59.6 Å². The van der Waals surface area contributed by atoms with Crippen LogP contribution in [0, 0.1) is 11.3 Å². The Hall–Kier alpha value is -2.11. The van der Waals surface area contributed by atoms with Crippen molar-refractivity contribution < 1.29 is 0 Å². The molecule has 0 bridgehead atoms. The molecule has 0 spiro atoms. The van der Waals surface area contributed by atoms with Gasteiger partial charge in [-0.15, -0.1) is 24.0 Å². The highest BCUT2D eigenvalue weighted by atomic mass is 127. The Kier molecular flexibility index (Phi) is 9.24. The second-order valence-corrected chi connectivity index (χ2v) is 6.78. The molecular weight excluding hydrogens is 461 g/mol. The molecular formula is C22H28IN5. The Morgan fingerprint density at radius 2 is 1.75 bits per heavy atom. The topological polar surface area (TPSA) is 63.5 Å². The van der Waals surface area contributed by atoms with E-state index in [-0.39, 0.29) is 24.0 Å². The van der Waals surface area contributed by atoms with Gasteiger partial charge in [-0.05, 0) is 49.2 Å². The largest absolute Gasteiger partial charge is 0.354 e. The summed E-state index contributed by atoms with van der Waals surface area (Å²) in [5.41, 5.74) is 3.14. The van der Waals surface area contributed by atoms with E-state index in [1.165, 1.54) is 18.4 Å². The molecule has 1 heterocycles. The van der Waals surface area contributed by atoms with Gasteiger partial charge in [0.1, 0.15) is 0 Å². The van der Waals surface area contributed by atoms with Crippen LogP contribution in [0.4, 0.5) is 0 Å². The number of benzene rings is 2.